The van der Waals surface area contributed by atoms with Crippen molar-refractivity contribution < 1.29 is 66.6 Å². The van der Waals surface area contributed by atoms with Crippen LogP contribution in [-0.2, 0) is 67.1 Å². The van der Waals surface area contributed by atoms with Crippen LogP contribution in [0.1, 0.15) is 24.0 Å². The average molecular weight is 612 g/mol. The van der Waals surface area contributed by atoms with Crippen LogP contribution in [0.5, 0.6) is 0 Å². The molecule has 2 radical (unpaired) electrons. The van der Waals surface area contributed by atoms with E-state index >= 15 is 0 Å². The van der Waals surface area contributed by atoms with Gasteiger partial charge in [0.1, 0.15) is 0 Å². The minimum Gasteiger partial charge on any atom is 0 e. The van der Waals surface area contributed by atoms with Crippen molar-refractivity contribution in [2.45, 2.75) is 18.4 Å². The van der Waals surface area contributed by atoms with Gasteiger partial charge in [-0.05, 0) is 38.1 Å². The molecule has 8 nitrogen and oxygen atoms in total. The Morgan fingerprint density at radius 1 is 0.703 bits per heavy atom. The molecule has 2 aromatic rings. The molecule has 0 amide bonds. The van der Waals surface area contributed by atoms with Gasteiger partial charge in [0.2, 0.25) is 0 Å². The molecule has 1 unspecified atom stereocenters. The molecule has 1 fully saturated rings. The Morgan fingerprint density at radius 2 is 1.08 bits per heavy atom. The molecule has 1 aliphatic rings. The van der Waals surface area contributed by atoms with Crippen LogP contribution in [0.25, 0.3) is 0 Å². The minimum atomic E-state index is -1.31. The molecule has 1 aliphatic heterocycles. The van der Waals surface area contributed by atoms with Crippen molar-refractivity contribution in [1.29, 1.82) is 0 Å². The Hall–Kier alpha value is -2.34. The topological polar surface area (TPSA) is 143 Å². The van der Waals surface area contributed by atoms with Gasteiger partial charge in [0.15, 0.2) is 5.60 Å². The van der Waals surface area contributed by atoms with E-state index in [9.17, 15) is 5.11 Å². The fraction of sp³-hybridized carbons (Fsp3) is 0.231. The third-order valence-corrected chi connectivity index (χ3v) is 4.48. The van der Waals surface area contributed by atoms with E-state index in [0.29, 0.717) is 11.6 Å². The molecule has 196 valence electrons. The number of hydrogen-bond acceptors (Lipinski definition) is 2. The van der Waals surface area contributed by atoms with Crippen molar-refractivity contribution in [2.24, 2.45) is 0 Å². The molecule has 3 rings (SSSR count). The van der Waals surface area contributed by atoms with Crippen LogP contribution in [0, 0.1) is 51.7 Å². The van der Waals surface area contributed by atoms with Gasteiger partial charge in [-0.15, -0.1) is 0 Å². The first-order chi connectivity index (χ1) is 17.2. The predicted octanol–water partition coefficient (Wildman–Crippen LogP) is 3.45. The molecule has 0 aromatic heterocycles. The summed E-state index contributed by atoms with van der Waals surface area (Å²) in [6.07, 6.45) is 2.48. The van der Waals surface area contributed by atoms with Crippen molar-refractivity contribution in [3.63, 3.8) is 0 Å². The summed E-state index contributed by atoms with van der Waals surface area (Å²) >= 11 is 5.97. The maximum absolute atomic E-state index is 11.3. The molecule has 1 saturated heterocycles. The third kappa shape index (κ3) is 19.4. The molecule has 1 atom stereocenters. The molecule has 37 heavy (non-hydrogen) atoms. The van der Waals surface area contributed by atoms with E-state index in [0.717, 1.165) is 24.2 Å². The molecule has 0 saturated carbocycles. The average Bonchev–Trinajstić information content (AvgIpc) is 3.50. The number of aliphatic hydroxyl groups is 1. The zero-order valence-corrected chi connectivity index (χ0v) is 22.0. The van der Waals surface area contributed by atoms with E-state index in [1.54, 1.807) is 12.1 Å². The zero-order valence-electron chi connectivity index (χ0n) is 19.1. The number of likely N-dealkylation sites (tertiary alicyclic amines) is 1. The van der Waals surface area contributed by atoms with Crippen LogP contribution in [0.4, 0.5) is 0 Å². The van der Waals surface area contributed by atoms with E-state index in [1.807, 2.05) is 42.5 Å². The first-order valence-electron chi connectivity index (χ1n) is 9.17. The van der Waals surface area contributed by atoms with Crippen LogP contribution in [-0.4, -0.2) is 29.6 Å². The van der Waals surface area contributed by atoms with Crippen LogP contribution in [0.2, 0.25) is 5.02 Å². The quantitative estimate of drug-likeness (QED) is 0.322. The molecular weight excluding hydrogens is 592 g/mol. The molecule has 0 aliphatic carbocycles. The largest absolute Gasteiger partial charge is 0 e. The summed E-state index contributed by atoms with van der Waals surface area (Å²) in [6.45, 7) is 29.9. The van der Waals surface area contributed by atoms with E-state index in [1.165, 1.54) is 12.8 Å². The number of benzene rings is 2. The second-order valence-electron chi connectivity index (χ2n) is 5.87. The van der Waals surface area contributed by atoms with E-state index < -0.39 is 5.60 Å². The fourth-order valence-electron chi connectivity index (χ4n) is 2.90. The van der Waals surface area contributed by atoms with Gasteiger partial charge in [-0.2, -0.15) is 0 Å². The number of halogens is 1. The Balaban J connectivity index is -0.000000152. The molecule has 0 spiro atoms. The van der Waals surface area contributed by atoms with Crippen molar-refractivity contribution in [3.8, 4) is 11.8 Å². The van der Waals surface area contributed by atoms with Gasteiger partial charge in [0.05, 0.1) is 6.54 Å². The second-order valence-corrected chi connectivity index (χ2v) is 6.30. The second kappa shape index (κ2) is 35.8. The zero-order chi connectivity index (χ0) is 28.1. The van der Waals surface area contributed by atoms with Gasteiger partial charge in [-0.1, -0.05) is 65.9 Å². The summed E-state index contributed by atoms with van der Waals surface area (Å²) in [7, 11) is 0. The van der Waals surface area contributed by atoms with Crippen molar-refractivity contribution in [3.05, 3.63) is 111 Å². The Morgan fingerprint density at radius 3 is 1.49 bits per heavy atom. The summed E-state index contributed by atoms with van der Waals surface area (Å²) in [4.78, 5) is 2.32. The molecule has 11 heteroatoms. The Labute approximate surface area is 242 Å². The van der Waals surface area contributed by atoms with Crippen LogP contribution >= 0.6 is 11.6 Å². The number of hydrogen-bond donors (Lipinski definition) is 1. The van der Waals surface area contributed by atoms with Crippen molar-refractivity contribution >= 4 is 11.6 Å². The molecular formula is C26H20ClCo2NO7. The molecule has 2 aromatic carbocycles. The van der Waals surface area contributed by atoms with Gasteiger partial charge in [0.25, 0.3) is 0 Å². The van der Waals surface area contributed by atoms with Crippen molar-refractivity contribution in [2.75, 3.05) is 19.6 Å². The smallest absolute Gasteiger partial charge is 0 e. The molecule has 1 heterocycles. The summed E-state index contributed by atoms with van der Waals surface area (Å²) in [6, 6.07) is 16.8. The summed E-state index contributed by atoms with van der Waals surface area (Å²) in [5.74, 6) is 6.27. The standard InChI is InChI=1S/C20H20ClNO.6CO.2Co/c21-19-11-9-18(10-12-19)20(23,17-7-2-1-3-8-17)13-6-16-22-14-4-5-15-22;6*1-2;;/h1-3,7-12,23H,4-5,14-16H2;;;;;;;;. The predicted molar refractivity (Wildman–Crippen MR) is 118 cm³/mol. The summed E-state index contributed by atoms with van der Waals surface area (Å²) in [5.41, 5.74) is 0.198. The van der Waals surface area contributed by atoms with Crippen molar-refractivity contribution in [1.82, 2.24) is 4.90 Å². The SMILES string of the molecule is OC(C#CCN1CCCC1)(c1ccccc1)c1ccc(Cl)cc1.[C-]#[O+].[C-]#[O+].[C-]#[O+].[C-]#[O+].[C-]#[O+].[C-]#[O+].[Co].[Co]. The number of nitrogens with zero attached hydrogens (tertiary/aromatic N) is 1. The fourth-order valence-corrected chi connectivity index (χ4v) is 3.03. The Bertz CT molecular complexity index is 926. The molecule has 1 N–H and O–H groups in total. The first kappa shape index (κ1) is 47.8. The monoisotopic (exact) mass is 611 g/mol. The Kier molecular flexibility index (Phi) is 46.3. The molecule has 0 bridgehead atoms. The normalized spacial score (nSPS) is 11.1. The van der Waals surface area contributed by atoms with Crippen LogP contribution in [0.15, 0.2) is 54.6 Å². The van der Waals surface area contributed by atoms with E-state index in [-0.39, 0.29) is 33.6 Å². The maximum atomic E-state index is 11.3. The van der Waals surface area contributed by atoms with Crippen LogP contribution < -0.4 is 0 Å². The minimum absolute atomic E-state index is 0. The summed E-state index contributed by atoms with van der Waals surface area (Å²) in [5, 5.41) is 11.9. The van der Waals surface area contributed by atoms with Gasteiger partial charge in [-0.25, -0.2) is 0 Å². The van der Waals surface area contributed by atoms with Gasteiger partial charge < -0.3 is 5.11 Å². The van der Waals surface area contributed by atoms with Crippen LogP contribution in [0.3, 0.4) is 0 Å². The van der Waals surface area contributed by atoms with E-state index in [2.05, 4.69) is 56.6 Å². The first-order valence-corrected chi connectivity index (χ1v) is 9.55. The maximum Gasteiger partial charge on any atom is 0 e. The van der Waals surface area contributed by atoms with Gasteiger partial charge in [0, 0.05) is 49.7 Å². The number of rotatable bonds is 3. The third-order valence-electron chi connectivity index (χ3n) is 4.22. The summed E-state index contributed by atoms with van der Waals surface area (Å²) < 4.78 is 45.0. The van der Waals surface area contributed by atoms with Gasteiger partial charge >= 0.3 is 67.8 Å². The van der Waals surface area contributed by atoms with Gasteiger partial charge in [-0.3, -0.25) is 4.90 Å². The van der Waals surface area contributed by atoms with E-state index in [4.69, 9.17) is 39.5 Å².